The maximum atomic E-state index is 12.8. The molecule has 3 aromatic rings. The molecule has 1 unspecified atom stereocenters. The number of methoxy groups -OCH3 is 1. The molecule has 0 aliphatic carbocycles. The van der Waals surface area contributed by atoms with Crippen LogP contribution in [-0.2, 0) is 0 Å². The number of nitrogens with zero attached hydrogens (tertiary/aromatic N) is 3. The zero-order chi connectivity index (χ0) is 25.5. The molecule has 37 heavy (non-hydrogen) atoms. The zero-order valence-corrected chi connectivity index (χ0v) is 22.1. The summed E-state index contributed by atoms with van der Waals surface area (Å²) in [6, 6.07) is 24.0. The third-order valence-electron chi connectivity index (χ3n) is 6.66. The minimum Gasteiger partial charge on any atom is -0.495 e. The molecule has 0 saturated carbocycles. The van der Waals surface area contributed by atoms with Crippen LogP contribution in [0.15, 0.2) is 78.9 Å². The van der Waals surface area contributed by atoms with Crippen molar-refractivity contribution in [3.63, 3.8) is 0 Å². The van der Waals surface area contributed by atoms with Crippen molar-refractivity contribution in [3.8, 4) is 5.75 Å². The first-order valence-corrected chi connectivity index (χ1v) is 12.4. The van der Waals surface area contributed by atoms with Crippen LogP contribution in [-0.4, -0.2) is 61.3 Å². The smallest absolute Gasteiger partial charge is 0.413 e. The number of anilines is 2. The summed E-state index contributed by atoms with van der Waals surface area (Å²) < 4.78 is 5.53. The van der Waals surface area contributed by atoms with Crippen molar-refractivity contribution in [2.45, 2.75) is 25.9 Å². The number of halogens is 1. The molecular weight excluding hydrogens is 490 g/mol. The number of amides is 1. The predicted octanol–water partition coefficient (Wildman–Crippen LogP) is 5.78. The van der Waals surface area contributed by atoms with E-state index in [1.54, 1.807) is 43.5 Å². The molecule has 7 nitrogen and oxygen atoms in total. The fourth-order valence-electron chi connectivity index (χ4n) is 4.82. The zero-order valence-electron chi connectivity index (χ0n) is 21.2. The van der Waals surface area contributed by atoms with E-state index in [9.17, 15) is 14.7 Å². The summed E-state index contributed by atoms with van der Waals surface area (Å²) in [5, 5.41) is 10.2. The molecule has 3 aromatic carbocycles. The lowest BCUT2D eigenvalue weighted by Gasteiger charge is -2.43. The number of carbonyl (C=O) groups excluding carboxylic acids is 1. The Labute approximate surface area is 224 Å². The van der Waals surface area contributed by atoms with Gasteiger partial charge in [-0.2, -0.15) is 0 Å². The molecule has 0 spiro atoms. The highest BCUT2D eigenvalue weighted by Gasteiger charge is 2.32. The van der Waals surface area contributed by atoms with E-state index in [0.717, 1.165) is 44.0 Å². The molecular formula is C29H34ClN3O4. The van der Waals surface area contributed by atoms with Gasteiger partial charge in [-0.1, -0.05) is 55.8 Å². The van der Waals surface area contributed by atoms with Gasteiger partial charge < -0.3 is 14.7 Å². The number of carbonyl (C=O) groups is 2. The van der Waals surface area contributed by atoms with E-state index in [2.05, 4.69) is 22.8 Å². The summed E-state index contributed by atoms with van der Waals surface area (Å²) in [7, 11) is 1.68. The van der Waals surface area contributed by atoms with Crippen LogP contribution in [0.1, 0.15) is 35.7 Å². The van der Waals surface area contributed by atoms with Crippen LogP contribution >= 0.6 is 12.4 Å². The third-order valence-corrected chi connectivity index (χ3v) is 6.66. The Bertz CT molecular complexity index is 1170. The van der Waals surface area contributed by atoms with Crippen molar-refractivity contribution >= 4 is 35.7 Å². The molecule has 1 heterocycles. The van der Waals surface area contributed by atoms with Crippen molar-refractivity contribution in [1.82, 2.24) is 4.90 Å². The lowest BCUT2D eigenvalue weighted by atomic mass is 10.0. The van der Waals surface area contributed by atoms with E-state index < -0.39 is 6.09 Å². The Morgan fingerprint density at radius 3 is 2.08 bits per heavy atom. The van der Waals surface area contributed by atoms with E-state index in [-0.39, 0.29) is 24.4 Å². The van der Waals surface area contributed by atoms with Gasteiger partial charge >= 0.3 is 6.09 Å². The Balaban J connectivity index is 0.00000380. The van der Waals surface area contributed by atoms with Gasteiger partial charge in [-0.25, -0.2) is 4.79 Å². The van der Waals surface area contributed by atoms with Gasteiger partial charge in [0.1, 0.15) is 5.75 Å². The highest BCUT2D eigenvalue weighted by atomic mass is 35.5. The van der Waals surface area contributed by atoms with Gasteiger partial charge in [0.15, 0.2) is 5.78 Å². The molecule has 1 aliphatic heterocycles. The molecule has 0 radical (unpaired) electrons. The lowest BCUT2D eigenvalue weighted by molar-refractivity contribution is 0.103. The van der Waals surface area contributed by atoms with E-state index in [0.29, 0.717) is 23.2 Å². The second-order valence-corrected chi connectivity index (χ2v) is 8.86. The molecule has 1 aliphatic rings. The van der Waals surface area contributed by atoms with Crippen molar-refractivity contribution in [3.05, 3.63) is 90.0 Å². The number of ether oxygens (including phenoxy) is 1. The Kier molecular flexibility index (Phi) is 9.94. The fourth-order valence-corrected chi connectivity index (χ4v) is 4.82. The predicted molar refractivity (Wildman–Crippen MR) is 150 cm³/mol. The van der Waals surface area contributed by atoms with Crippen LogP contribution in [0.25, 0.3) is 0 Å². The summed E-state index contributed by atoms with van der Waals surface area (Å²) in [5.74, 6) is 0.759. The summed E-state index contributed by atoms with van der Waals surface area (Å²) in [4.78, 5) is 31.2. The van der Waals surface area contributed by atoms with Crippen LogP contribution < -0.4 is 14.5 Å². The summed E-state index contributed by atoms with van der Waals surface area (Å²) in [5.41, 5.74) is 2.77. The van der Waals surface area contributed by atoms with Gasteiger partial charge in [-0.05, 0) is 42.8 Å². The fraction of sp³-hybridized carbons (Fsp3) is 0.310. The highest BCUT2D eigenvalue weighted by molar-refractivity contribution is 6.09. The molecule has 1 amide bonds. The molecule has 4 rings (SSSR count). The van der Waals surface area contributed by atoms with Gasteiger partial charge in [0, 0.05) is 43.0 Å². The van der Waals surface area contributed by atoms with Gasteiger partial charge in [-0.15, -0.1) is 12.4 Å². The SMILES string of the molecule is CCCC(N1CCN(c2ccccc2OC)CC1)N(C(=O)O)c1ccc(C(=O)c2ccccc2)cc1.Cl. The van der Waals surface area contributed by atoms with Crippen LogP contribution in [0.4, 0.5) is 16.2 Å². The van der Waals surface area contributed by atoms with Crippen molar-refractivity contribution in [2.75, 3.05) is 43.1 Å². The van der Waals surface area contributed by atoms with Gasteiger partial charge in [0.05, 0.1) is 19.0 Å². The average molecular weight is 524 g/mol. The number of para-hydroxylation sites is 2. The average Bonchev–Trinajstić information content (AvgIpc) is 2.93. The van der Waals surface area contributed by atoms with Crippen LogP contribution in [0, 0.1) is 0 Å². The quantitative estimate of drug-likeness (QED) is 0.358. The molecule has 0 aromatic heterocycles. The summed E-state index contributed by atoms with van der Waals surface area (Å²) in [6.07, 6.45) is 0.281. The second kappa shape index (κ2) is 13.1. The Morgan fingerprint density at radius 2 is 1.49 bits per heavy atom. The number of carboxylic acid groups (broad SMARTS) is 1. The number of hydrogen-bond acceptors (Lipinski definition) is 5. The Morgan fingerprint density at radius 1 is 0.892 bits per heavy atom. The standard InChI is InChI=1S/C29H33N3O4.ClH/c1-3-9-27(31-20-18-30(19-21-31)25-12-7-8-13-26(25)36-2)32(29(34)35)24-16-14-23(15-17-24)28(33)22-10-5-4-6-11-22;/h4-8,10-17,27H,3,9,18-21H2,1-2H3,(H,34,35);1H. The Hall–Kier alpha value is -3.55. The van der Waals surface area contributed by atoms with Crippen molar-refractivity contribution < 1.29 is 19.4 Å². The molecule has 1 N–H and O–H groups in total. The van der Waals surface area contributed by atoms with E-state index in [1.807, 2.05) is 36.4 Å². The van der Waals surface area contributed by atoms with Crippen LogP contribution in [0.5, 0.6) is 5.75 Å². The maximum Gasteiger partial charge on any atom is 0.413 e. The first-order valence-electron chi connectivity index (χ1n) is 12.4. The van der Waals surface area contributed by atoms with Gasteiger partial charge in [-0.3, -0.25) is 14.6 Å². The van der Waals surface area contributed by atoms with Crippen LogP contribution in [0.2, 0.25) is 0 Å². The molecule has 0 bridgehead atoms. The monoisotopic (exact) mass is 523 g/mol. The topological polar surface area (TPSA) is 73.3 Å². The molecule has 196 valence electrons. The molecule has 1 fully saturated rings. The summed E-state index contributed by atoms with van der Waals surface area (Å²) >= 11 is 0. The minimum atomic E-state index is -0.997. The van der Waals surface area contributed by atoms with Crippen LogP contribution in [0.3, 0.4) is 0 Å². The van der Waals surface area contributed by atoms with Gasteiger partial charge in [0.25, 0.3) is 0 Å². The number of hydrogen-bond donors (Lipinski definition) is 1. The summed E-state index contributed by atoms with van der Waals surface area (Å²) in [6.45, 7) is 5.09. The van der Waals surface area contributed by atoms with Crippen molar-refractivity contribution in [2.24, 2.45) is 0 Å². The highest BCUT2D eigenvalue weighted by Crippen LogP contribution is 2.30. The normalized spacial score (nSPS) is 14.4. The van der Waals surface area contributed by atoms with Crippen molar-refractivity contribution in [1.29, 1.82) is 0 Å². The lowest BCUT2D eigenvalue weighted by Crippen LogP contribution is -2.57. The minimum absolute atomic E-state index is 0. The third kappa shape index (κ3) is 6.42. The first-order chi connectivity index (χ1) is 17.5. The van der Waals surface area contributed by atoms with E-state index in [4.69, 9.17) is 4.74 Å². The largest absolute Gasteiger partial charge is 0.495 e. The number of ketones is 1. The maximum absolute atomic E-state index is 12.8. The first kappa shape index (κ1) is 28.0. The number of benzene rings is 3. The number of piperazine rings is 1. The van der Waals surface area contributed by atoms with Gasteiger partial charge in [0.2, 0.25) is 0 Å². The molecule has 1 atom stereocenters. The molecule has 8 heteroatoms. The van der Waals surface area contributed by atoms with E-state index in [1.165, 1.54) is 4.90 Å². The molecule has 1 saturated heterocycles. The number of rotatable bonds is 9. The second-order valence-electron chi connectivity index (χ2n) is 8.86. The van der Waals surface area contributed by atoms with E-state index >= 15 is 0 Å².